The van der Waals surface area contributed by atoms with E-state index < -0.39 is 0 Å². The zero-order valence-corrected chi connectivity index (χ0v) is 14.6. The van der Waals surface area contributed by atoms with Gasteiger partial charge in [0, 0.05) is 35.0 Å². The van der Waals surface area contributed by atoms with E-state index in [1.165, 1.54) is 28.4 Å². The molecule has 0 radical (unpaired) electrons. The molecule has 5 rings (SSSR count). The van der Waals surface area contributed by atoms with E-state index in [4.69, 9.17) is 9.98 Å². The van der Waals surface area contributed by atoms with Crippen LogP contribution in [0.2, 0.25) is 0 Å². The van der Waals surface area contributed by atoms with Gasteiger partial charge >= 0.3 is 6.03 Å². The number of nitrogens with zero attached hydrogens (tertiary/aromatic N) is 4. The SMILES string of the molecule is CC1=C(C)N2C(=O)NNC2N=C1N1CCc2nc(C3CC3)sc2C1. The minimum absolute atomic E-state index is 0.142. The van der Waals surface area contributed by atoms with E-state index in [0.29, 0.717) is 0 Å². The van der Waals surface area contributed by atoms with Crippen LogP contribution in [0, 0.1) is 0 Å². The molecule has 0 spiro atoms. The largest absolute Gasteiger partial charge is 0.351 e. The van der Waals surface area contributed by atoms with Crippen molar-refractivity contribution in [3.63, 3.8) is 0 Å². The van der Waals surface area contributed by atoms with Crippen LogP contribution < -0.4 is 10.9 Å². The molecule has 2 amide bonds. The van der Waals surface area contributed by atoms with Crippen LogP contribution in [0.3, 0.4) is 0 Å². The quantitative estimate of drug-likeness (QED) is 0.816. The first-order valence-corrected chi connectivity index (χ1v) is 9.27. The lowest BCUT2D eigenvalue weighted by Crippen LogP contribution is -2.45. The summed E-state index contributed by atoms with van der Waals surface area (Å²) in [4.78, 5) is 26.9. The van der Waals surface area contributed by atoms with Crippen LogP contribution in [0.4, 0.5) is 4.79 Å². The molecule has 3 aliphatic heterocycles. The maximum atomic E-state index is 11.9. The molecule has 8 heteroatoms. The van der Waals surface area contributed by atoms with Gasteiger partial charge in [-0.25, -0.2) is 14.8 Å². The summed E-state index contributed by atoms with van der Waals surface area (Å²) in [6.45, 7) is 5.83. The number of allylic oxidation sites excluding steroid dienone is 1. The minimum Gasteiger partial charge on any atom is -0.351 e. The second-order valence-electron chi connectivity index (χ2n) is 6.85. The summed E-state index contributed by atoms with van der Waals surface area (Å²) in [6.07, 6.45) is 3.23. The van der Waals surface area contributed by atoms with Gasteiger partial charge in [0.1, 0.15) is 5.84 Å². The summed E-state index contributed by atoms with van der Waals surface area (Å²) in [5.41, 5.74) is 8.90. The number of nitrogens with one attached hydrogen (secondary N) is 2. The second kappa shape index (κ2) is 5.03. The van der Waals surface area contributed by atoms with Crippen molar-refractivity contribution in [2.45, 2.75) is 51.9 Å². The van der Waals surface area contributed by atoms with Crippen LogP contribution in [0.1, 0.15) is 48.2 Å². The molecular formula is C16H20N6OS. The number of rotatable bonds is 1. The summed E-state index contributed by atoms with van der Waals surface area (Å²) in [5.74, 6) is 1.71. The number of hydrogen-bond donors (Lipinski definition) is 2. The third kappa shape index (κ3) is 2.09. The van der Waals surface area contributed by atoms with Crippen molar-refractivity contribution in [2.24, 2.45) is 4.99 Å². The highest BCUT2D eigenvalue weighted by atomic mass is 32.1. The zero-order valence-electron chi connectivity index (χ0n) is 13.8. The van der Waals surface area contributed by atoms with E-state index in [9.17, 15) is 4.79 Å². The van der Waals surface area contributed by atoms with Crippen molar-refractivity contribution in [1.29, 1.82) is 0 Å². The van der Waals surface area contributed by atoms with Crippen molar-refractivity contribution < 1.29 is 4.79 Å². The molecule has 24 heavy (non-hydrogen) atoms. The number of thiazole rings is 1. The fourth-order valence-electron chi connectivity index (χ4n) is 3.56. The summed E-state index contributed by atoms with van der Waals surface area (Å²) >= 11 is 1.88. The predicted molar refractivity (Wildman–Crippen MR) is 91.3 cm³/mol. The fourth-order valence-corrected chi connectivity index (χ4v) is 4.86. The van der Waals surface area contributed by atoms with Gasteiger partial charge in [-0.2, -0.15) is 5.43 Å². The van der Waals surface area contributed by atoms with Crippen molar-refractivity contribution in [1.82, 2.24) is 25.6 Å². The number of carbonyl (C=O) groups is 1. The molecule has 1 saturated carbocycles. The van der Waals surface area contributed by atoms with Gasteiger partial charge in [-0.3, -0.25) is 10.3 Å². The number of hydrazine groups is 1. The number of carbonyl (C=O) groups excluding carboxylic acids is 1. The molecule has 126 valence electrons. The molecule has 0 aromatic carbocycles. The number of amidine groups is 1. The molecule has 4 heterocycles. The lowest BCUT2D eigenvalue weighted by molar-refractivity contribution is 0.217. The number of fused-ring (bicyclic) bond motifs is 2. The number of amides is 2. The maximum absolute atomic E-state index is 11.9. The van der Waals surface area contributed by atoms with Crippen LogP contribution >= 0.6 is 11.3 Å². The van der Waals surface area contributed by atoms with E-state index in [2.05, 4.69) is 15.8 Å². The number of hydrogen-bond acceptors (Lipinski definition) is 6. The molecule has 0 bridgehead atoms. The summed E-state index contributed by atoms with van der Waals surface area (Å²) in [6, 6.07) is -0.142. The van der Waals surface area contributed by atoms with E-state index in [1.54, 1.807) is 4.90 Å². The first kappa shape index (κ1) is 14.4. The van der Waals surface area contributed by atoms with Gasteiger partial charge in [-0.15, -0.1) is 11.3 Å². The molecule has 2 fully saturated rings. The molecule has 1 aromatic heterocycles. The molecule has 1 aliphatic carbocycles. The van der Waals surface area contributed by atoms with E-state index in [0.717, 1.165) is 42.5 Å². The Morgan fingerprint density at radius 1 is 1.29 bits per heavy atom. The lowest BCUT2D eigenvalue weighted by Gasteiger charge is -2.35. The number of aliphatic imine (C=N–C) groups is 1. The zero-order chi connectivity index (χ0) is 16.4. The summed E-state index contributed by atoms with van der Waals surface area (Å²) < 4.78 is 0. The molecule has 2 N–H and O–H groups in total. The van der Waals surface area contributed by atoms with Gasteiger partial charge in [0.05, 0.1) is 17.2 Å². The number of aromatic nitrogens is 1. The monoisotopic (exact) mass is 344 g/mol. The Kier molecular flexibility index (Phi) is 3.02. The van der Waals surface area contributed by atoms with Crippen LogP contribution in [-0.2, 0) is 13.0 Å². The normalized spacial score (nSPS) is 26.3. The Balaban J connectivity index is 1.44. The molecule has 1 saturated heterocycles. The maximum Gasteiger partial charge on any atom is 0.338 e. The van der Waals surface area contributed by atoms with Gasteiger partial charge in [0.25, 0.3) is 0 Å². The predicted octanol–water partition coefficient (Wildman–Crippen LogP) is 1.90. The third-order valence-corrected chi connectivity index (χ3v) is 6.47. The van der Waals surface area contributed by atoms with Crippen molar-refractivity contribution in [3.8, 4) is 0 Å². The first-order valence-electron chi connectivity index (χ1n) is 8.45. The van der Waals surface area contributed by atoms with Crippen LogP contribution in [0.15, 0.2) is 16.3 Å². The first-order chi connectivity index (χ1) is 11.6. The molecule has 1 atom stereocenters. The van der Waals surface area contributed by atoms with Crippen LogP contribution in [0.5, 0.6) is 0 Å². The molecule has 4 aliphatic rings. The smallest absolute Gasteiger partial charge is 0.338 e. The Morgan fingerprint density at radius 2 is 2.12 bits per heavy atom. The van der Waals surface area contributed by atoms with E-state index in [1.807, 2.05) is 25.2 Å². The highest BCUT2D eigenvalue weighted by Gasteiger charge is 2.38. The molecule has 1 unspecified atom stereocenters. The van der Waals surface area contributed by atoms with E-state index >= 15 is 0 Å². The number of urea groups is 1. The average molecular weight is 344 g/mol. The Labute approximate surface area is 144 Å². The van der Waals surface area contributed by atoms with E-state index in [-0.39, 0.29) is 12.3 Å². The van der Waals surface area contributed by atoms with Gasteiger partial charge < -0.3 is 4.90 Å². The summed E-state index contributed by atoms with van der Waals surface area (Å²) in [7, 11) is 0. The third-order valence-electron chi connectivity index (χ3n) is 5.23. The molecular weight excluding hydrogens is 324 g/mol. The second-order valence-corrected chi connectivity index (χ2v) is 7.96. The Morgan fingerprint density at radius 3 is 2.92 bits per heavy atom. The average Bonchev–Trinajstić information content (AvgIpc) is 3.24. The topological polar surface area (TPSA) is 72.9 Å². The van der Waals surface area contributed by atoms with Crippen LogP contribution in [-0.4, -0.2) is 39.5 Å². The molecule has 7 nitrogen and oxygen atoms in total. The summed E-state index contributed by atoms with van der Waals surface area (Å²) in [5, 5.41) is 1.33. The van der Waals surface area contributed by atoms with Gasteiger partial charge in [0.2, 0.25) is 6.29 Å². The van der Waals surface area contributed by atoms with Gasteiger partial charge in [-0.05, 0) is 26.7 Å². The fraction of sp³-hybridized carbons (Fsp3) is 0.562. The van der Waals surface area contributed by atoms with Gasteiger partial charge in [0.15, 0.2) is 0 Å². The standard InChI is InChI=1S/C16H20N6OS/c1-8-9(2)22-15(19-20-16(22)23)18-13(8)21-6-5-11-12(7-21)24-14(17-11)10-3-4-10/h10,15,19H,3-7H2,1-2H3,(H,20,23). The Bertz CT molecular complexity index is 792. The molecule has 1 aromatic rings. The van der Waals surface area contributed by atoms with Crippen molar-refractivity contribution >= 4 is 23.2 Å². The van der Waals surface area contributed by atoms with Crippen molar-refractivity contribution in [3.05, 3.63) is 26.8 Å². The van der Waals surface area contributed by atoms with Crippen molar-refractivity contribution in [2.75, 3.05) is 6.54 Å². The lowest BCUT2D eigenvalue weighted by atomic mass is 10.1. The highest BCUT2D eigenvalue weighted by Crippen LogP contribution is 2.43. The Hall–Kier alpha value is -1.93. The van der Waals surface area contributed by atoms with Gasteiger partial charge in [-0.1, -0.05) is 0 Å². The van der Waals surface area contributed by atoms with Crippen LogP contribution in [0.25, 0.3) is 0 Å². The highest BCUT2D eigenvalue weighted by molar-refractivity contribution is 7.11. The minimum atomic E-state index is -0.346.